The normalized spacial score (nSPS) is 16.9. The Morgan fingerprint density at radius 3 is 2.94 bits per heavy atom. The molecule has 0 spiro atoms. The van der Waals surface area contributed by atoms with Gasteiger partial charge in [-0.05, 0) is 52.7 Å². The number of hydrogen-bond acceptors (Lipinski definition) is 2. The van der Waals surface area contributed by atoms with Gasteiger partial charge in [-0.25, -0.2) is 4.98 Å². The van der Waals surface area contributed by atoms with Gasteiger partial charge in [-0.15, -0.1) is 0 Å². The molecule has 16 heavy (non-hydrogen) atoms. The third-order valence-electron chi connectivity index (χ3n) is 3.30. The van der Waals surface area contributed by atoms with E-state index in [0.717, 1.165) is 17.4 Å². The van der Waals surface area contributed by atoms with Crippen LogP contribution in [0.25, 0.3) is 0 Å². The molecule has 1 aromatic rings. The fourth-order valence-electron chi connectivity index (χ4n) is 1.74. The Labute approximate surface area is 104 Å². The van der Waals surface area contributed by atoms with Crippen LogP contribution in [0.15, 0.2) is 22.8 Å². The number of amides is 1. The van der Waals surface area contributed by atoms with E-state index < -0.39 is 0 Å². The van der Waals surface area contributed by atoms with Gasteiger partial charge >= 0.3 is 0 Å². The third-order valence-corrected chi connectivity index (χ3v) is 3.94. The number of halogens is 1. The summed E-state index contributed by atoms with van der Waals surface area (Å²) < 4.78 is 0.744. The van der Waals surface area contributed by atoms with Gasteiger partial charge in [0.1, 0.15) is 5.69 Å². The summed E-state index contributed by atoms with van der Waals surface area (Å²) in [7, 11) is 0. The summed E-state index contributed by atoms with van der Waals surface area (Å²) in [6.07, 6.45) is 5.23. The molecule has 1 N–H and O–H groups in total. The molecule has 0 aromatic carbocycles. The van der Waals surface area contributed by atoms with Gasteiger partial charge in [-0.3, -0.25) is 4.79 Å². The highest BCUT2D eigenvalue weighted by Crippen LogP contribution is 2.47. The van der Waals surface area contributed by atoms with Crippen molar-refractivity contribution in [2.75, 3.05) is 6.54 Å². The molecule has 1 aliphatic rings. The summed E-state index contributed by atoms with van der Waals surface area (Å²) in [4.78, 5) is 15.9. The molecule has 0 bridgehead atoms. The SMILES string of the molecule is CCC1(CNC(=O)c2ncccc2Br)CC1. The smallest absolute Gasteiger partial charge is 0.271 e. The lowest BCUT2D eigenvalue weighted by Crippen LogP contribution is -2.30. The molecular formula is C12H15BrN2O. The molecule has 1 saturated carbocycles. The lowest BCUT2D eigenvalue weighted by molar-refractivity contribution is 0.0938. The lowest BCUT2D eigenvalue weighted by atomic mass is 10.0. The summed E-state index contributed by atoms with van der Waals surface area (Å²) >= 11 is 3.33. The number of carbonyl (C=O) groups is 1. The molecule has 0 atom stereocenters. The molecule has 1 amide bonds. The van der Waals surface area contributed by atoms with Gasteiger partial charge in [0.2, 0.25) is 0 Å². The van der Waals surface area contributed by atoms with E-state index in [1.54, 1.807) is 12.3 Å². The summed E-state index contributed by atoms with van der Waals surface area (Å²) in [5.74, 6) is -0.0906. The maximum Gasteiger partial charge on any atom is 0.271 e. The van der Waals surface area contributed by atoms with Crippen LogP contribution in [0, 0.1) is 5.41 Å². The number of nitrogens with zero attached hydrogens (tertiary/aromatic N) is 1. The molecule has 0 unspecified atom stereocenters. The molecule has 1 heterocycles. The van der Waals surface area contributed by atoms with Crippen LogP contribution in [-0.4, -0.2) is 17.4 Å². The topological polar surface area (TPSA) is 42.0 Å². The highest BCUT2D eigenvalue weighted by atomic mass is 79.9. The number of nitrogens with one attached hydrogen (secondary N) is 1. The van der Waals surface area contributed by atoms with E-state index >= 15 is 0 Å². The Hall–Kier alpha value is -0.900. The van der Waals surface area contributed by atoms with Crippen LogP contribution in [0.5, 0.6) is 0 Å². The van der Waals surface area contributed by atoms with E-state index in [4.69, 9.17) is 0 Å². The fraction of sp³-hybridized carbons (Fsp3) is 0.500. The van der Waals surface area contributed by atoms with Gasteiger partial charge in [0, 0.05) is 17.2 Å². The van der Waals surface area contributed by atoms with Crippen LogP contribution in [-0.2, 0) is 0 Å². The summed E-state index contributed by atoms with van der Waals surface area (Å²) in [6.45, 7) is 2.95. The van der Waals surface area contributed by atoms with Crippen LogP contribution < -0.4 is 5.32 Å². The Kier molecular flexibility index (Phi) is 3.28. The quantitative estimate of drug-likeness (QED) is 0.923. The van der Waals surface area contributed by atoms with Crippen molar-refractivity contribution in [2.24, 2.45) is 5.41 Å². The molecule has 86 valence electrons. The molecular weight excluding hydrogens is 268 g/mol. The first-order chi connectivity index (χ1) is 7.67. The molecule has 1 fully saturated rings. The molecule has 1 aliphatic carbocycles. The minimum Gasteiger partial charge on any atom is -0.350 e. The van der Waals surface area contributed by atoms with Crippen LogP contribution in [0.3, 0.4) is 0 Å². The number of carbonyl (C=O) groups excluding carboxylic acids is 1. The van der Waals surface area contributed by atoms with Crippen molar-refractivity contribution in [1.29, 1.82) is 0 Å². The van der Waals surface area contributed by atoms with Gasteiger partial charge in [0.25, 0.3) is 5.91 Å². The summed E-state index contributed by atoms with van der Waals surface area (Å²) in [5, 5.41) is 2.96. The standard InChI is InChI=1S/C12H15BrN2O/c1-2-12(5-6-12)8-15-11(16)10-9(13)4-3-7-14-10/h3-4,7H,2,5-6,8H2,1H3,(H,15,16). The predicted molar refractivity (Wildman–Crippen MR) is 66.2 cm³/mol. The van der Waals surface area contributed by atoms with Crippen LogP contribution >= 0.6 is 15.9 Å². The Balaban J connectivity index is 1.96. The number of pyridine rings is 1. The third kappa shape index (κ3) is 2.43. The van der Waals surface area contributed by atoms with E-state index in [1.165, 1.54) is 12.8 Å². The zero-order valence-electron chi connectivity index (χ0n) is 9.29. The molecule has 3 nitrogen and oxygen atoms in total. The molecule has 0 saturated heterocycles. The second kappa shape index (κ2) is 4.53. The summed E-state index contributed by atoms with van der Waals surface area (Å²) in [5.41, 5.74) is 0.839. The van der Waals surface area contributed by atoms with Crippen molar-refractivity contribution in [1.82, 2.24) is 10.3 Å². The second-order valence-electron chi connectivity index (χ2n) is 4.37. The second-order valence-corrected chi connectivity index (χ2v) is 5.22. The van der Waals surface area contributed by atoms with Crippen LogP contribution in [0.1, 0.15) is 36.7 Å². The Morgan fingerprint density at radius 2 is 2.38 bits per heavy atom. The lowest BCUT2D eigenvalue weighted by Gasteiger charge is -2.13. The predicted octanol–water partition coefficient (Wildman–Crippen LogP) is 2.76. The van der Waals surface area contributed by atoms with Gasteiger partial charge < -0.3 is 5.32 Å². The van der Waals surface area contributed by atoms with Crippen molar-refractivity contribution in [3.63, 3.8) is 0 Å². The van der Waals surface area contributed by atoms with Crippen LogP contribution in [0.2, 0.25) is 0 Å². The fourth-order valence-corrected chi connectivity index (χ4v) is 2.17. The monoisotopic (exact) mass is 282 g/mol. The molecule has 1 aromatic heterocycles. The molecule has 2 rings (SSSR count). The van der Waals surface area contributed by atoms with Crippen molar-refractivity contribution in [3.8, 4) is 0 Å². The molecule has 0 aliphatic heterocycles. The van der Waals surface area contributed by atoms with Crippen LogP contribution in [0.4, 0.5) is 0 Å². The first-order valence-electron chi connectivity index (χ1n) is 5.56. The zero-order valence-corrected chi connectivity index (χ0v) is 10.9. The highest BCUT2D eigenvalue weighted by molar-refractivity contribution is 9.10. The van der Waals surface area contributed by atoms with Gasteiger partial charge in [0.15, 0.2) is 0 Å². The van der Waals surface area contributed by atoms with Crippen molar-refractivity contribution >= 4 is 21.8 Å². The average molecular weight is 283 g/mol. The van der Waals surface area contributed by atoms with E-state index in [-0.39, 0.29) is 5.91 Å². The van der Waals surface area contributed by atoms with Crippen molar-refractivity contribution in [2.45, 2.75) is 26.2 Å². The van der Waals surface area contributed by atoms with Crippen molar-refractivity contribution in [3.05, 3.63) is 28.5 Å². The average Bonchev–Trinajstić information content (AvgIpc) is 3.07. The van der Waals surface area contributed by atoms with Gasteiger partial charge in [-0.2, -0.15) is 0 Å². The van der Waals surface area contributed by atoms with Gasteiger partial charge in [0.05, 0.1) is 0 Å². The summed E-state index contributed by atoms with van der Waals surface area (Å²) in [6, 6.07) is 3.63. The first-order valence-corrected chi connectivity index (χ1v) is 6.35. The minimum absolute atomic E-state index is 0.0906. The number of rotatable bonds is 4. The Morgan fingerprint density at radius 1 is 1.62 bits per heavy atom. The van der Waals surface area contributed by atoms with Gasteiger partial charge in [-0.1, -0.05) is 6.92 Å². The van der Waals surface area contributed by atoms with E-state index in [9.17, 15) is 4.79 Å². The largest absolute Gasteiger partial charge is 0.350 e. The highest BCUT2D eigenvalue weighted by Gasteiger charge is 2.40. The van der Waals surface area contributed by atoms with E-state index in [2.05, 4.69) is 33.2 Å². The number of aromatic nitrogens is 1. The molecule has 0 radical (unpaired) electrons. The maximum atomic E-state index is 11.9. The zero-order chi connectivity index (χ0) is 11.6. The minimum atomic E-state index is -0.0906. The van der Waals surface area contributed by atoms with E-state index in [0.29, 0.717) is 11.1 Å². The van der Waals surface area contributed by atoms with E-state index in [1.807, 2.05) is 6.07 Å². The Bertz CT molecular complexity index is 402. The van der Waals surface area contributed by atoms with Crippen molar-refractivity contribution < 1.29 is 4.79 Å². The number of hydrogen-bond donors (Lipinski definition) is 1. The first kappa shape index (κ1) is 11.6. The molecule has 4 heteroatoms. The maximum absolute atomic E-state index is 11.9.